The summed E-state index contributed by atoms with van der Waals surface area (Å²) in [6, 6.07) is -1.31. The smallest absolute Gasteiger partial charge is 0.318 e. The number of ether oxygens (including phenoxy) is 1. The van der Waals surface area contributed by atoms with Crippen LogP contribution in [0.2, 0.25) is 0 Å². The normalized spacial score (nSPS) is 25.2. The van der Waals surface area contributed by atoms with Crippen LogP contribution in [-0.2, 0) is 9.53 Å². The minimum atomic E-state index is -1.24. The van der Waals surface area contributed by atoms with Crippen molar-refractivity contribution in [3.8, 4) is 0 Å². The lowest BCUT2D eigenvalue weighted by atomic mass is 10.0. The van der Waals surface area contributed by atoms with Gasteiger partial charge >= 0.3 is 6.03 Å². The van der Waals surface area contributed by atoms with Gasteiger partial charge in [-0.3, -0.25) is 0 Å². The molecule has 0 saturated carbocycles. The Hall–Kier alpha value is -1.30. The van der Waals surface area contributed by atoms with E-state index in [9.17, 15) is 14.7 Å². The molecule has 1 N–H and O–H groups in total. The predicted octanol–water partition coefficient (Wildman–Crippen LogP) is -0.0302. The van der Waals surface area contributed by atoms with Crippen molar-refractivity contribution in [1.82, 2.24) is 10.2 Å². The Balaban J connectivity index is 2.58. The lowest BCUT2D eigenvalue weighted by Gasteiger charge is -2.36. The number of hydrogen-bond acceptors (Lipinski definition) is 4. The van der Waals surface area contributed by atoms with Gasteiger partial charge in [-0.05, 0) is 26.2 Å². The molecule has 0 aromatic rings. The van der Waals surface area contributed by atoms with Crippen LogP contribution in [0.15, 0.2) is 0 Å². The summed E-state index contributed by atoms with van der Waals surface area (Å²) in [6.07, 6.45) is 0.283. The number of morpholine rings is 1. The maximum absolute atomic E-state index is 12.1. The highest BCUT2D eigenvalue weighted by atomic mass is 16.5. The van der Waals surface area contributed by atoms with Crippen LogP contribution < -0.4 is 10.4 Å². The van der Waals surface area contributed by atoms with Gasteiger partial charge in [0.2, 0.25) is 0 Å². The van der Waals surface area contributed by atoms with E-state index in [-0.39, 0.29) is 24.2 Å². The van der Waals surface area contributed by atoms with Crippen molar-refractivity contribution in [2.45, 2.75) is 52.4 Å². The molecule has 19 heavy (non-hydrogen) atoms. The topological polar surface area (TPSA) is 81.7 Å². The molecule has 110 valence electrons. The number of hydrogen-bond donors (Lipinski definition) is 1. The summed E-state index contributed by atoms with van der Waals surface area (Å²) in [5.41, 5.74) is 0. The van der Waals surface area contributed by atoms with Crippen LogP contribution in [0.1, 0.15) is 34.1 Å². The first-order valence-corrected chi connectivity index (χ1v) is 6.71. The molecule has 3 atom stereocenters. The van der Waals surface area contributed by atoms with Gasteiger partial charge in [-0.15, -0.1) is 0 Å². The standard InChI is InChI=1S/C13H24N2O4/c1-8(2)5-11(12(16)17)14-13(18)15-6-9(3)19-10(4)7-15/h8-11H,5-7H2,1-4H3,(H,14,18)(H,16,17)/p-1/t9-,10-,11-/m0/s1. The fourth-order valence-electron chi connectivity index (χ4n) is 2.27. The molecule has 0 bridgehead atoms. The molecule has 1 rings (SSSR count). The van der Waals surface area contributed by atoms with Crippen LogP contribution in [0.5, 0.6) is 0 Å². The van der Waals surface area contributed by atoms with Crippen LogP contribution in [0.25, 0.3) is 0 Å². The molecule has 0 aliphatic carbocycles. The molecule has 0 radical (unpaired) electrons. The number of urea groups is 1. The van der Waals surface area contributed by atoms with Crippen molar-refractivity contribution < 1.29 is 19.4 Å². The molecule has 1 heterocycles. The summed E-state index contributed by atoms with van der Waals surface area (Å²) in [5.74, 6) is -1.07. The second kappa shape index (κ2) is 6.75. The minimum absolute atomic E-state index is 0.0407. The zero-order chi connectivity index (χ0) is 14.6. The van der Waals surface area contributed by atoms with Gasteiger partial charge in [0.15, 0.2) is 0 Å². The summed E-state index contributed by atoms with van der Waals surface area (Å²) < 4.78 is 5.53. The van der Waals surface area contributed by atoms with E-state index in [1.54, 1.807) is 4.90 Å². The maximum Gasteiger partial charge on any atom is 0.318 e. The highest BCUT2D eigenvalue weighted by Gasteiger charge is 2.27. The summed E-state index contributed by atoms with van der Waals surface area (Å²) in [7, 11) is 0. The average molecular weight is 271 g/mol. The summed E-state index contributed by atoms with van der Waals surface area (Å²) >= 11 is 0. The van der Waals surface area contributed by atoms with Gasteiger partial charge in [-0.2, -0.15) is 0 Å². The van der Waals surface area contributed by atoms with Crippen molar-refractivity contribution in [3.05, 3.63) is 0 Å². The first kappa shape index (κ1) is 15.8. The van der Waals surface area contributed by atoms with Gasteiger partial charge in [0.05, 0.1) is 24.2 Å². The molecule has 0 aromatic heterocycles. The summed E-state index contributed by atoms with van der Waals surface area (Å²) in [4.78, 5) is 24.7. The lowest BCUT2D eigenvalue weighted by molar-refractivity contribution is -0.308. The van der Waals surface area contributed by atoms with Gasteiger partial charge in [0, 0.05) is 13.1 Å². The molecule has 6 heteroatoms. The zero-order valence-electron chi connectivity index (χ0n) is 12.0. The van der Waals surface area contributed by atoms with E-state index in [4.69, 9.17) is 4.74 Å². The van der Waals surface area contributed by atoms with Crippen molar-refractivity contribution in [1.29, 1.82) is 0 Å². The monoisotopic (exact) mass is 271 g/mol. The number of rotatable bonds is 4. The molecule has 1 aliphatic rings. The van der Waals surface area contributed by atoms with E-state index < -0.39 is 12.0 Å². The molecule has 0 unspecified atom stereocenters. The second-order valence-electron chi connectivity index (χ2n) is 5.61. The van der Waals surface area contributed by atoms with Crippen LogP contribution in [0.4, 0.5) is 4.79 Å². The number of carboxylic acid groups (broad SMARTS) is 1. The average Bonchev–Trinajstić information content (AvgIpc) is 2.25. The maximum atomic E-state index is 12.1. The Morgan fingerprint density at radius 1 is 1.32 bits per heavy atom. The summed E-state index contributed by atoms with van der Waals surface area (Å²) in [6.45, 7) is 8.53. The Labute approximate surface area is 114 Å². The second-order valence-corrected chi connectivity index (χ2v) is 5.61. The molecule has 1 saturated heterocycles. The molecule has 6 nitrogen and oxygen atoms in total. The Morgan fingerprint density at radius 3 is 2.26 bits per heavy atom. The lowest BCUT2D eigenvalue weighted by Crippen LogP contribution is -2.56. The highest BCUT2D eigenvalue weighted by molar-refractivity contribution is 5.81. The van der Waals surface area contributed by atoms with E-state index >= 15 is 0 Å². The van der Waals surface area contributed by atoms with E-state index in [0.29, 0.717) is 19.5 Å². The van der Waals surface area contributed by atoms with Crippen molar-refractivity contribution in [2.24, 2.45) is 5.92 Å². The third-order valence-electron chi connectivity index (χ3n) is 3.00. The van der Waals surface area contributed by atoms with Gasteiger partial charge in [0.1, 0.15) is 0 Å². The van der Waals surface area contributed by atoms with Crippen LogP contribution >= 0.6 is 0 Å². The van der Waals surface area contributed by atoms with Crippen molar-refractivity contribution in [2.75, 3.05) is 13.1 Å². The van der Waals surface area contributed by atoms with E-state index in [1.165, 1.54) is 0 Å². The zero-order valence-corrected chi connectivity index (χ0v) is 12.0. The van der Waals surface area contributed by atoms with E-state index in [1.807, 2.05) is 27.7 Å². The largest absolute Gasteiger partial charge is 0.548 e. The number of nitrogens with one attached hydrogen (secondary N) is 1. The number of amides is 2. The van der Waals surface area contributed by atoms with Gasteiger partial charge in [0.25, 0.3) is 0 Å². The van der Waals surface area contributed by atoms with Crippen molar-refractivity contribution in [3.63, 3.8) is 0 Å². The van der Waals surface area contributed by atoms with Crippen molar-refractivity contribution >= 4 is 12.0 Å². The SMILES string of the molecule is CC(C)C[C@H](NC(=O)N1C[C@H](C)O[C@@H](C)C1)C(=O)[O-]. The minimum Gasteiger partial charge on any atom is -0.548 e. The first-order chi connectivity index (χ1) is 8.79. The van der Waals surface area contributed by atoms with Gasteiger partial charge < -0.3 is 24.9 Å². The third-order valence-corrected chi connectivity index (χ3v) is 3.00. The molecular weight excluding hydrogens is 248 g/mol. The van der Waals surface area contributed by atoms with Gasteiger partial charge in [-0.1, -0.05) is 13.8 Å². The number of aliphatic carboxylic acids is 1. The Morgan fingerprint density at radius 2 is 1.84 bits per heavy atom. The molecule has 0 aromatic carbocycles. The molecule has 0 spiro atoms. The number of carbonyl (C=O) groups is 2. The molecule has 1 fully saturated rings. The number of carbonyl (C=O) groups excluding carboxylic acids is 2. The quantitative estimate of drug-likeness (QED) is 0.778. The first-order valence-electron chi connectivity index (χ1n) is 6.71. The predicted molar refractivity (Wildman–Crippen MR) is 68.4 cm³/mol. The van der Waals surface area contributed by atoms with Crippen LogP contribution in [0.3, 0.4) is 0 Å². The fourth-order valence-corrected chi connectivity index (χ4v) is 2.27. The van der Waals surface area contributed by atoms with Crippen LogP contribution in [0, 0.1) is 5.92 Å². The fraction of sp³-hybridized carbons (Fsp3) is 0.846. The molecule has 2 amide bonds. The molecular formula is C13H23N2O4-. The third kappa shape index (κ3) is 5.06. The summed E-state index contributed by atoms with van der Waals surface area (Å²) in [5, 5.41) is 13.5. The Kier molecular flexibility index (Phi) is 5.60. The van der Waals surface area contributed by atoms with Gasteiger partial charge in [-0.25, -0.2) is 4.79 Å². The number of carboxylic acids is 1. The number of nitrogens with zero attached hydrogens (tertiary/aromatic N) is 1. The molecule has 1 aliphatic heterocycles. The van der Waals surface area contributed by atoms with E-state index in [2.05, 4.69) is 5.32 Å². The van der Waals surface area contributed by atoms with E-state index in [0.717, 1.165) is 0 Å². The highest BCUT2D eigenvalue weighted by Crippen LogP contribution is 2.11. The Bertz CT molecular complexity index is 323. The van der Waals surface area contributed by atoms with Crippen LogP contribution in [-0.4, -0.2) is 48.2 Å².